The van der Waals surface area contributed by atoms with Crippen LogP contribution in [0.3, 0.4) is 0 Å². The van der Waals surface area contributed by atoms with Crippen molar-refractivity contribution in [2.75, 3.05) is 18.5 Å². The van der Waals surface area contributed by atoms with Gasteiger partial charge in [0.15, 0.2) is 0 Å². The van der Waals surface area contributed by atoms with Crippen LogP contribution >= 0.6 is 23.2 Å². The van der Waals surface area contributed by atoms with Crippen LogP contribution in [0.5, 0.6) is 0 Å². The number of aryl methyl sites for hydroxylation is 1. The van der Waals surface area contributed by atoms with Gasteiger partial charge in [-0.25, -0.2) is 0 Å². The molecule has 0 aliphatic carbocycles. The Balaban J connectivity index is 2.42. The van der Waals surface area contributed by atoms with E-state index in [0.29, 0.717) is 16.6 Å². The molecule has 1 atom stereocenters. The summed E-state index contributed by atoms with van der Waals surface area (Å²) >= 11 is 12.4. The monoisotopic (exact) mass is 308 g/mol. The van der Waals surface area contributed by atoms with Crippen molar-refractivity contribution in [1.82, 2.24) is 0 Å². The van der Waals surface area contributed by atoms with Crippen molar-refractivity contribution in [3.63, 3.8) is 0 Å². The molecule has 0 bridgehead atoms. The van der Waals surface area contributed by atoms with Crippen LogP contribution in [0, 0.1) is 6.92 Å². The van der Waals surface area contributed by atoms with Gasteiger partial charge in [0.25, 0.3) is 0 Å². The first-order valence-electron chi connectivity index (χ1n) is 6.48. The average Bonchev–Trinajstić information content (AvgIpc) is 2.44. The fourth-order valence-corrected chi connectivity index (χ4v) is 2.83. The molecule has 0 radical (unpaired) electrons. The van der Waals surface area contributed by atoms with E-state index in [2.05, 4.69) is 24.0 Å². The standard InChI is InChI=1S/C16H18Cl2N2/c1-11-6-3-4-9-14(11)20(2)15(10-19)12-7-5-8-13(17)16(12)18/h3-9,15H,10,19H2,1-2H3. The molecule has 2 nitrogen and oxygen atoms in total. The first-order chi connectivity index (χ1) is 9.56. The molecule has 2 aromatic carbocycles. The lowest BCUT2D eigenvalue weighted by molar-refractivity contribution is 0.679. The lowest BCUT2D eigenvalue weighted by Gasteiger charge is -2.31. The molecule has 0 amide bonds. The fraction of sp³-hybridized carbons (Fsp3) is 0.250. The summed E-state index contributed by atoms with van der Waals surface area (Å²) in [5, 5.41) is 1.13. The van der Waals surface area contributed by atoms with E-state index in [9.17, 15) is 0 Å². The molecule has 0 fully saturated rings. The van der Waals surface area contributed by atoms with E-state index in [1.54, 1.807) is 6.07 Å². The minimum absolute atomic E-state index is 0.0118. The van der Waals surface area contributed by atoms with Crippen molar-refractivity contribution in [2.45, 2.75) is 13.0 Å². The van der Waals surface area contributed by atoms with Gasteiger partial charge < -0.3 is 10.6 Å². The Labute approximate surface area is 130 Å². The second-order valence-corrected chi connectivity index (χ2v) is 5.58. The Morgan fingerprint density at radius 3 is 2.45 bits per heavy atom. The normalized spacial score (nSPS) is 12.2. The third-order valence-corrected chi connectivity index (χ3v) is 4.36. The third kappa shape index (κ3) is 2.93. The van der Waals surface area contributed by atoms with Gasteiger partial charge in [-0.1, -0.05) is 53.5 Å². The predicted octanol–water partition coefficient (Wildman–Crippen LogP) is 4.44. The van der Waals surface area contributed by atoms with Crippen LogP contribution in [0.25, 0.3) is 0 Å². The zero-order chi connectivity index (χ0) is 14.7. The zero-order valence-corrected chi connectivity index (χ0v) is 13.1. The first-order valence-corrected chi connectivity index (χ1v) is 7.24. The summed E-state index contributed by atoms with van der Waals surface area (Å²) in [6.45, 7) is 2.55. The topological polar surface area (TPSA) is 29.3 Å². The molecule has 0 aliphatic rings. The number of nitrogens with zero attached hydrogens (tertiary/aromatic N) is 1. The minimum atomic E-state index is -0.0118. The van der Waals surface area contributed by atoms with E-state index < -0.39 is 0 Å². The highest BCUT2D eigenvalue weighted by atomic mass is 35.5. The second kappa shape index (κ2) is 6.49. The SMILES string of the molecule is Cc1ccccc1N(C)C(CN)c1cccc(Cl)c1Cl. The van der Waals surface area contributed by atoms with E-state index in [1.807, 2.05) is 31.3 Å². The molecule has 2 aromatic rings. The molecule has 1 unspecified atom stereocenters. The summed E-state index contributed by atoms with van der Waals surface area (Å²) in [4.78, 5) is 2.15. The van der Waals surface area contributed by atoms with Crippen LogP contribution in [0.4, 0.5) is 5.69 Å². The Hall–Kier alpha value is -1.22. The summed E-state index contributed by atoms with van der Waals surface area (Å²) in [6, 6.07) is 13.9. The maximum absolute atomic E-state index is 6.32. The molecule has 0 saturated heterocycles. The number of rotatable bonds is 4. The van der Waals surface area contributed by atoms with Crippen LogP contribution in [0.2, 0.25) is 10.0 Å². The smallest absolute Gasteiger partial charge is 0.0676 e. The number of hydrogen-bond acceptors (Lipinski definition) is 2. The summed E-state index contributed by atoms with van der Waals surface area (Å²) < 4.78 is 0. The number of anilines is 1. The Kier molecular flexibility index (Phi) is 4.92. The lowest BCUT2D eigenvalue weighted by Crippen LogP contribution is -2.31. The Morgan fingerprint density at radius 2 is 1.80 bits per heavy atom. The number of hydrogen-bond donors (Lipinski definition) is 1. The van der Waals surface area contributed by atoms with Crippen LogP contribution in [0.1, 0.15) is 17.2 Å². The molecule has 4 heteroatoms. The van der Waals surface area contributed by atoms with E-state index in [1.165, 1.54) is 5.56 Å². The molecular weight excluding hydrogens is 291 g/mol. The van der Waals surface area contributed by atoms with Crippen molar-refractivity contribution in [3.8, 4) is 0 Å². The van der Waals surface area contributed by atoms with Gasteiger partial charge in [0.1, 0.15) is 0 Å². The van der Waals surface area contributed by atoms with Crippen LogP contribution in [-0.4, -0.2) is 13.6 Å². The van der Waals surface area contributed by atoms with Gasteiger partial charge in [0.2, 0.25) is 0 Å². The van der Waals surface area contributed by atoms with Crippen LogP contribution < -0.4 is 10.6 Å². The van der Waals surface area contributed by atoms with Crippen molar-refractivity contribution in [1.29, 1.82) is 0 Å². The molecule has 20 heavy (non-hydrogen) atoms. The molecule has 106 valence electrons. The van der Waals surface area contributed by atoms with Gasteiger partial charge in [-0.2, -0.15) is 0 Å². The van der Waals surface area contributed by atoms with Gasteiger partial charge in [-0.05, 0) is 30.2 Å². The second-order valence-electron chi connectivity index (χ2n) is 4.79. The molecule has 0 saturated carbocycles. The summed E-state index contributed by atoms with van der Waals surface area (Å²) in [7, 11) is 2.02. The van der Waals surface area contributed by atoms with Gasteiger partial charge in [-0.3, -0.25) is 0 Å². The average molecular weight is 309 g/mol. The van der Waals surface area contributed by atoms with Crippen molar-refractivity contribution >= 4 is 28.9 Å². The summed E-state index contributed by atoms with van der Waals surface area (Å²) in [5.41, 5.74) is 9.26. The molecule has 2 N–H and O–H groups in total. The summed E-state index contributed by atoms with van der Waals surface area (Å²) in [6.07, 6.45) is 0. The zero-order valence-electron chi connectivity index (χ0n) is 11.6. The molecular formula is C16H18Cl2N2. The first kappa shape index (κ1) is 15.2. The van der Waals surface area contributed by atoms with E-state index >= 15 is 0 Å². The molecule has 2 rings (SSSR count). The highest BCUT2D eigenvalue weighted by molar-refractivity contribution is 6.42. The number of nitrogens with two attached hydrogens (primary N) is 1. The van der Waals surface area contributed by atoms with Gasteiger partial charge >= 0.3 is 0 Å². The van der Waals surface area contributed by atoms with Crippen LogP contribution in [0.15, 0.2) is 42.5 Å². The quantitative estimate of drug-likeness (QED) is 0.905. The fourth-order valence-electron chi connectivity index (χ4n) is 2.40. The highest BCUT2D eigenvalue weighted by Crippen LogP contribution is 2.34. The lowest BCUT2D eigenvalue weighted by atomic mass is 10.0. The maximum atomic E-state index is 6.32. The van der Waals surface area contributed by atoms with Gasteiger partial charge in [0.05, 0.1) is 16.1 Å². The van der Waals surface area contributed by atoms with E-state index in [4.69, 9.17) is 28.9 Å². The van der Waals surface area contributed by atoms with Crippen molar-refractivity contribution in [3.05, 3.63) is 63.6 Å². The number of para-hydroxylation sites is 1. The van der Waals surface area contributed by atoms with Crippen molar-refractivity contribution in [2.24, 2.45) is 5.73 Å². The maximum Gasteiger partial charge on any atom is 0.0676 e. The van der Waals surface area contributed by atoms with Gasteiger partial charge in [-0.15, -0.1) is 0 Å². The highest BCUT2D eigenvalue weighted by Gasteiger charge is 2.20. The predicted molar refractivity (Wildman–Crippen MR) is 87.8 cm³/mol. The number of benzene rings is 2. The van der Waals surface area contributed by atoms with Crippen LogP contribution in [-0.2, 0) is 0 Å². The summed E-state index contributed by atoms with van der Waals surface area (Å²) in [5.74, 6) is 0. The van der Waals surface area contributed by atoms with Gasteiger partial charge in [0, 0.05) is 19.3 Å². The Morgan fingerprint density at radius 1 is 1.10 bits per heavy atom. The van der Waals surface area contributed by atoms with E-state index in [-0.39, 0.29) is 6.04 Å². The van der Waals surface area contributed by atoms with E-state index in [0.717, 1.165) is 11.3 Å². The molecule has 0 heterocycles. The molecule has 0 aliphatic heterocycles. The Bertz CT molecular complexity index is 599. The molecule has 0 spiro atoms. The minimum Gasteiger partial charge on any atom is -0.366 e. The van der Waals surface area contributed by atoms with Crippen molar-refractivity contribution < 1.29 is 0 Å². The molecule has 0 aromatic heterocycles. The third-order valence-electron chi connectivity index (χ3n) is 3.53. The largest absolute Gasteiger partial charge is 0.366 e. The number of halogens is 2. The number of likely N-dealkylation sites (N-methyl/N-ethyl adjacent to an activating group) is 1.